The van der Waals surface area contributed by atoms with Gasteiger partial charge in [-0.25, -0.2) is 42.1 Å². The van der Waals surface area contributed by atoms with Gasteiger partial charge in [0.2, 0.25) is 50.1 Å². The van der Waals surface area contributed by atoms with Crippen molar-refractivity contribution in [2.24, 2.45) is 0 Å². The third-order valence-corrected chi connectivity index (χ3v) is 14.4. The topological polar surface area (TPSA) is 207 Å². The second-order valence-corrected chi connectivity index (χ2v) is 20.2. The van der Waals surface area contributed by atoms with Crippen molar-refractivity contribution in [2.45, 2.75) is 110 Å². The third kappa shape index (κ3) is 10.1. The molecule has 0 aromatic rings. The molecule has 0 rings (SSSR count). The van der Waals surface area contributed by atoms with E-state index in [-0.39, 0.29) is 32.1 Å². The lowest BCUT2D eigenvalue weighted by atomic mass is 10.2. The number of halogens is 5. The molecular formula is C22H46F5N5O11S5. The second kappa shape index (κ2) is 18.6. The molecule has 0 fully saturated rings. The van der Waals surface area contributed by atoms with E-state index < -0.39 is 145 Å². The SMILES string of the molecule is CCCCS(=O)(=O)N(F)C(O)(N(F)S(=O)(=O)CCCC)C(N(F)S(=O)(=O)CCCC)(N(F)S(=O)(=O)CCCC)N(F)S(=O)(=O)CCCC. The molecule has 290 valence electrons. The standard InChI is InChI=1S/C22H46F5N5O11S5/c1-6-11-16-44(34,35)28(23)21(29(24)45(36,37)17-12-7-2,30(25)46(38,39)18-13-8-3)22(33,31(26)47(40,41)19-14-9-4)32(27)48(42,43)20-15-10-5/h33H,6-20H2,1-5H3. The van der Waals surface area contributed by atoms with Gasteiger partial charge in [0.1, 0.15) is 0 Å². The molecule has 0 heterocycles. The van der Waals surface area contributed by atoms with Crippen LogP contribution in [0.4, 0.5) is 22.4 Å². The molecule has 0 bridgehead atoms. The minimum atomic E-state index is -6.27. The maximum atomic E-state index is 16.7. The van der Waals surface area contributed by atoms with Crippen LogP contribution in [0.25, 0.3) is 0 Å². The highest BCUT2D eigenvalue weighted by atomic mass is 32.2. The number of aliphatic hydroxyl groups is 1. The monoisotopic (exact) mass is 811 g/mol. The lowest BCUT2D eigenvalue weighted by Gasteiger charge is -2.51. The molecule has 0 aliphatic carbocycles. The summed E-state index contributed by atoms with van der Waals surface area (Å²) in [7, 11) is -31.1. The van der Waals surface area contributed by atoms with Crippen LogP contribution in [-0.2, 0) is 50.1 Å². The molecule has 0 aliphatic rings. The second-order valence-electron chi connectivity index (χ2n) is 10.7. The first-order chi connectivity index (χ1) is 21.8. The Morgan fingerprint density at radius 2 is 0.562 bits per heavy atom. The summed E-state index contributed by atoms with van der Waals surface area (Å²) in [6, 6.07) is 0. The van der Waals surface area contributed by atoms with E-state index in [9.17, 15) is 47.2 Å². The normalized spacial score (nSPS) is 14.7. The van der Waals surface area contributed by atoms with Crippen molar-refractivity contribution in [2.75, 3.05) is 28.8 Å². The van der Waals surface area contributed by atoms with E-state index in [0.717, 1.165) is 0 Å². The number of sulfonamides is 5. The van der Waals surface area contributed by atoms with Crippen LogP contribution in [0.5, 0.6) is 0 Å². The van der Waals surface area contributed by atoms with E-state index in [1.807, 2.05) is 0 Å². The summed E-state index contributed by atoms with van der Waals surface area (Å²) >= 11 is 0. The molecule has 0 aliphatic heterocycles. The molecule has 0 aromatic carbocycles. The molecule has 0 unspecified atom stereocenters. The molecule has 0 aromatic heterocycles. The van der Waals surface area contributed by atoms with E-state index in [2.05, 4.69) is 0 Å². The molecule has 1 N–H and O–H groups in total. The summed E-state index contributed by atoms with van der Waals surface area (Å²) < 4.78 is 203. The Hall–Kier alpha value is -0.840. The van der Waals surface area contributed by atoms with Gasteiger partial charge >= 0.3 is 11.6 Å². The Labute approximate surface area is 280 Å². The molecule has 0 saturated heterocycles. The predicted molar refractivity (Wildman–Crippen MR) is 166 cm³/mol. The van der Waals surface area contributed by atoms with Gasteiger partial charge in [-0.2, -0.15) is 0 Å². The average Bonchev–Trinajstić information content (AvgIpc) is 3.02. The van der Waals surface area contributed by atoms with Crippen LogP contribution in [0.2, 0.25) is 0 Å². The summed E-state index contributed by atoms with van der Waals surface area (Å²) in [5.74, 6) is -20.4. The summed E-state index contributed by atoms with van der Waals surface area (Å²) in [6.45, 7) is 6.50. The van der Waals surface area contributed by atoms with Crippen molar-refractivity contribution >= 4 is 50.1 Å². The average molecular weight is 812 g/mol. The molecule has 0 atom stereocenters. The summed E-state index contributed by atoms with van der Waals surface area (Å²) in [5.41, 5.74) is 0. The quantitative estimate of drug-likeness (QED) is 0.0764. The molecule has 16 nitrogen and oxygen atoms in total. The van der Waals surface area contributed by atoms with Crippen LogP contribution in [0.3, 0.4) is 0 Å². The van der Waals surface area contributed by atoms with Gasteiger partial charge in [0.05, 0.1) is 28.8 Å². The van der Waals surface area contributed by atoms with Crippen molar-refractivity contribution < 1.29 is 69.6 Å². The maximum absolute atomic E-state index is 16.7. The summed E-state index contributed by atoms with van der Waals surface area (Å²) in [6.07, 6.45) is -3.92. The van der Waals surface area contributed by atoms with E-state index >= 15 is 22.4 Å². The number of hydrogen-bond acceptors (Lipinski definition) is 11. The number of nitrogens with zero attached hydrogens (tertiary/aromatic N) is 5. The molecule has 0 radical (unpaired) electrons. The smallest absolute Gasteiger partial charge is 0.321 e. The molecule has 0 amide bonds. The van der Waals surface area contributed by atoms with Gasteiger partial charge in [0.15, 0.2) is 0 Å². The molecule has 26 heteroatoms. The summed E-state index contributed by atoms with van der Waals surface area (Å²) in [4.78, 5) is 0. The van der Waals surface area contributed by atoms with Crippen molar-refractivity contribution in [1.82, 2.24) is 22.6 Å². The minimum Gasteiger partial charge on any atom is -0.354 e. The highest BCUT2D eigenvalue weighted by Crippen LogP contribution is 2.49. The zero-order chi connectivity index (χ0) is 38.0. The van der Waals surface area contributed by atoms with Gasteiger partial charge in [0.25, 0.3) is 0 Å². The fourth-order valence-electron chi connectivity index (χ4n) is 3.84. The number of unbranched alkanes of at least 4 members (excludes halogenated alkanes) is 5. The van der Waals surface area contributed by atoms with Gasteiger partial charge in [-0.1, -0.05) is 66.7 Å². The van der Waals surface area contributed by atoms with Crippen LogP contribution in [-0.4, -0.2) is 110 Å². The summed E-state index contributed by atoms with van der Waals surface area (Å²) in [5, 5.41) is 11.7. The van der Waals surface area contributed by atoms with E-state index in [1.54, 1.807) is 0 Å². The van der Waals surface area contributed by atoms with Crippen LogP contribution in [0.1, 0.15) is 98.8 Å². The molecule has 0 saturated carbocycles. The Kier molecular flexibility index (Phi) is 18.3. The van der Waals surface area contributed by atoms with Gasteiger partial charge in [0, 0.05) is 22.6 Å². The van der Waals surface area contributed by atoms with E-state index in [1.165, 1.54) is 34.6 Å². The molecular weight excluding hydrogens is 766 g/mol. The van der Waals surface area contributed by atoms with Crippen LogP contribution >= 0.6 is 0 Å². The Morgan fingerprint density at radius 1 is 0.396 bits per heavy atom. The number of hydrogen-bond donors (Lipinski definition) is 1. The first-order valence-corrected chi connectivity index (χ1v) is 23.0. The zero-order valence-corrected chi connectivity index (χ0v) is 31.4. The predicted octanol–water partition coefficient (Wildman–Crippen LogP) is 2.87. The zero-order valence-electron chi connectivity index (χ0n) is 27.3. The Bertz CT molecular complexity index is 1420. The maximum Gasteiger partial charge on any atom is 0.321 e. The van der Waals surface area contributed by atoms with Crippen LogP contribution in [0.15, 0.2) is 0 Å². The highest BCUT2D eigenvalue weighted by Gasteiger charge is 2.82. The van der Waals surface area contributed by atoms with E-state index in [0.29, 0.717) is 0 Å². The Morgan fingerprint density at radius 3 is 0.729 bits per heavy atom. The van der Waals surface area contributed by atoms with Crippen molar-refractivity contribution in [1.29, 1.82) is 0 Å². The lowest BCUT2D eigenvalue weighted by Crippen LogP contribution is -2.85. The van der Waals surface area contributed by atoms with Gasteiger partial charge < -0.3 is 5.11 Å². The van der Waals surface area contributed by atoms with Gasteiger partial charge in [-0.3, -0.25) is 0 Å². The largest absolute Gasteiger partial charge is 0.354 e. The van der Waals surface area contributed by atoms with Crippen molar-refractivity contribution in [3.05, 3.63) is 0 Å². The van der Waals surface area contributed by atoms with E-state index in [4.69, 9.17) is 0 Å². The fourth-order valence-corrected chi connectivity index (χ4v) is 11.2. The molecule has 48 heavy (non-hydrogen) atoms. The minimum absolute atomic E-state index is 0.132. The van der Waals surface area contributed by atoms with Crippen LogP contribution in [0, 0.1) is 0 Å². The third-order valence-electron chi connectivity index (χ3n) is 6.68. The fraction of sp³-hybridized carbons (Fsp3) is 1.00. The molecule has 0 spiro atoms. The first kappa shape index (κ1) is 47.2. The van der Waals surface area contributed by atoms with Gasteiger partial charge in [-0.15, -0.1) is 22.4 Å². The first-order valence-electron chi connectivity index (χ1n) is 15.0. The van der Waals surface area contributed by atoms with Crippen molar-refractivity contribution in [3.8, 4) is 0 Å². The highest BCUT2D eigenvalue weighted by molar-refractivity contribution is 7.91. The lowest BCUT2D eigenvalue weighted by molar-refractivity contribution is -0.410. The van der Waals surface area contributed by atoms with Crippen LogP contribution < -0.4 is 0 Å². The van der Waals surface area contributed by atoms with Crippen molar-refractivity contribution in [3.63, 3.8) is 0 Å². The van der Waals surface area contributed by atoms with Gasteiger partial charge in [-0.05, 0) is 32.1 Å². The Balaban J connectivity index is 9.12. The number of rotatable bonds is 26.